The zero-order valence-corrected chi connectivity index (χ0v) is 23.4. The van der Waals surface area contributed by atoms with E-state index < -0.39 is 48.0 Å². The molecule has 1 aromatic rings. The van der Waals surface area contributed by atoms with Crippen LogP contribution in [0.4, 0.5) is 10.5 Å². The Morgan fingerprint density at radius 1 is 0.976 bits per heavy atom. The van der Waals surface area contributed by atoms with Crippen LogP contribution >= 0.6 is 0 Å². The standard InChI is InChI=1S/C29H42N4O8/c30-16-7-6-11-21(32-29(40)41-17-15-19-8-2-1-3-9-19)26(35)31-22(27(36)37)13-14-25(34)33-23-12-5-4-10-20(23)18-24(33)28(38)39/h4-5,10,12,19,21-22,24H,1-3,6-9,11,13-18,30H2,(H,31,35)(H,32,40)(H,36,37)(H,38,39)/t21-,22+,24-/m0/s1. The fourth-order valence-electron chi connectivity index (χ4n) is 5.55. The second-order valence-electron chi connectivity index (χ2n) is 10.8. The molecule has 0 saturated heterocycles. The largest absolute Gasteiger partial charge is 0.480 e. The molecule has 1 saturated carbocycles. The van der Waals surface area contributed by atoms with Gasteiger partial charge < -0.3 is 31.3 Å². The van der Waals surface area contributed by atoms with Gasteiger partial charge in [0.1, 0.15) is 18.1 Å². The first-order valence-corrected chi connectivity index (χ1v) is 14.5. The lowest BCUT2D eigenvalue weighted by Crippen LogP contribution is -2.52. The second kappa shape index (κ2) is 15.9. The molecule has 41 heavy (non-hydrogen) atoms. The number of nitrogens with zero attached hydrogens (tertiary/aromatic N) is 1. The molecule has 1 aliphatic heterocycles. The highest BCUT2D eigenvalue weighted by Crippen LogP contribution is 2.33. The summed E-state index contributed by atoms with van der Waals surface area (Å²) >= 11 is 0. The van der Waals surface area contributed by atoms with Crippen LogP contribution in [0, 0.1) is 5.92 Å². The molecule has 1 aliphatic carbocycles. The number of amides is 3. The molecule has 6 N–H and O–H groups in total. The first-order valence-electron chi connectivity index (χ1n) is 14.5. The van der Waals surface area contributed by atoms with Gasteiger partial charge >= 0.3 is 18.0 Å². The van der Waals surface area contributed by atoms with E-state index in [0.717, 1.165) is 19.3 Å². The molecule has 0 radical (unpaired) electrons. The molecule has 0 spiro atoms. The van der Waals surface area contributed by atoms with Crippen molar-refractivity contribution in [3.05, 3.63) is 29.8 Å². The number of alkyl carbamates (subject to hydrolysis) is 1. The third-order valence-electron chi connectivity index (χ3n) is 7.83. The monoisotopic (exact) mass is 574 g/mol. The fourth-order valence-corrected chi connectivity index (χ4v) is 5.55. The number of para-hydroxylation sites is 1. The first kappa shape index (κ1) is 31.9. The maximum Gasteiger partial charge on any atom is 0.407 e. The highest BCUT2D eigenvalue weighted by molar-refractivity contribution is 6.02. The van der Waals surface area contributed by atoms with Crippen LogP contribution in [0.3, 0.4) is 0 Å². The van der Waals surface area contributed by atoms with Crippen LogP contribution < -0.4 is 21.3 Å². The lowest BCUT2D eigenvalue weighted by atomic mass is 9.87. The van der Waals surface area contributed by atoms with E-state index in [-0.39, 0.29) is 32.3 Å². The summed E-state index contributed by atoms with van der Waals surface area (Å²) in [6.45, 7) is 0.640. The summed E-state index contributed by atoms with van der Waals surface area (Å²) in [5.41, 5.74) is 6.76. The molecule has 3 amide bonds. The number of nitrogens with two attached hydrogens (primary N) is 1. The number of ether oxygens (including phenoxy) is 1. The van der Waals surface area contributed by atoms with E-state index in [1.165, 1.54) is 24.2 Å². The quantitative estimate of drug-likeness (QED) is 0.196. The van der Waals surface area contributed by atoms with Gasteiger partial charge in [0.2, 0.25) is 11.8 Å². The van der Waals surface area contributed by atoms with Gasteiger partial charge in [-0.05, 0) is 56.2 Å². The molecule has 12 heteroatoms. The number of hydrogen-bond donors (Lipinski definition) is 5. The van der Waals surface area contributed by atoms with E-state index in [0.29, 0.717) is 36.6 Å². The predicted octanol–water partition coefficient (Wildman–Crippen LogP) is 2.57. The highest BCUT2D eigenvalue weighted by Gasteiger charge is 2.38. The molecular formula is C29H42N4O8. The Morgan fingerprint density at radius 3 is 2.39 bits per heavy atom. The Morgan fingerprint density at radius 2 is 1.71 bits per heavy atom. The summed E-state index contributed by atoms with van der Waals surface area (Å²) < 4.78 is 5.31. The molecule has 0 unspecified atom stereocenters. The summed E-state index contributed by atoms with van der Waals surface area (Å²) in [5, 5.41) is 24.4. The first-order chi connectivity index (χ1) is 19.7. The van der Waals surface area contributed by atoms with Crippen molar-refractivity contribution < 1.29 is 38.9 Å². The number of hydrogen-bond acceptors (Lipinski definition) is 7. The topological polar surface area (TPSA) is 188 Å². The van der Waals surface area contributed by atoms with E-state index in [9.17, 15) is 34.2 Å². The molecular weight excluding hydrogens is 532 g/mol. The minimum Gasteiger partial charge on any atom is -0.480 e. The van der Waals surface area contributed by atoms with Gasteiger partial charge in [0, 0.05) is 18.5 Å². The summed E-state index contributed by atoms with van der Waals surface area (Å²) in [5.74, 6) is -3.24. The van der Waals surface area contributed by atoms with Gasteiger partial charge in [0.15, 0.2) is 0 Å². The molecule has 1 heterocycles. The normalized spacial score (nSPS) is 18.2. The highest BCUT2D eigenvalue weighted by atomic mass is 16.5. The average molecular weight is 575 g/mol. The number of aliphatic carboxylic acids is 2. The van der Waals surface area contributed by atoms with Crippen LogP contribution in [-0.2, 0) is 30.3 Å². The van der Waals surface area contributed by atoms with Crippen molar-refractivity contribution in [2.75, 3.05) is 18.1 Å². The zero-order chi connectivity index (χ0) is 29.8. The van der Waals surface area contributed by atoms with Crippen LogP contribution in [0.25, 0.3) is 0 Å². The third-order valence-corrected chi connectivity index (χ3v) is 7.83. The van der Waals surface area contributed by atoms with Crippen molar-refractivity contribution in [3.8, 4) is 0 Å². The van der Waals surface area contributed by atoms with Crippen LogP contribution in [0.5, 0.6) is 0 Å². The van der Waals surface area contributed by atoms with Gasteiger partial charge in [0.25, 0.3) is 0 Å². The van der Waals surface area contributed by atoms with Crippen LogP contribution in [0.15, 0.2) is 24.3 Å². The van der Waals surface area contributed by atoms with Gasteiger partial charge in [-0.3, -0.25) is 14.5 Å². The van der Waals surface area contributed by atoms with Crippen molar-refractivity contribution in [2.45, 2.75) is 95.2 Å². The van der Waals surface area contributed by atoms with Crippen molar-refractivity contribution in [1.82, 2.24) is 10.6 Å². The maximum absolute atomic E-state index is 13.1. The number of anilines is 1. The Labute approximate surface area is 240 Å². The van der Waals surface area contributed by atoms with Crippen molar-refractivity contribution >= 4 is 35.5 Å². The van der Waals surface area contributed by atoms with Crippen LogP contribution in [0.2, 0.25) is 0 Å². The predicted molar refractivity (Wildman–Crippen MR) is 150 cm³/mol. The zero-order valence-electron chi connectivity index (χ0n) is 23.4. The lowest BCUT2D eigenvalue weighted by Gasteiger charge is -2.24. The number of fused-ring (bicyclic) bond motifs is 1. The average Bonchev–Trinajstić information content (AvgIpc) is 3.35. The minimum absolute atomic E-state index is 0.156. The number of carbonyl (C=O) groups excluding carboxylic acids is 3. The molecule has 3 rings (SSSR count). The molecule has 0 aromatic heterocycles. The number of carboxylic acid groups (broad SMARTS) is 2. The van der Waals surface area contributed by atoms with E-state index in [2.05, 4.69) is 10.6 Å². The van der Waals surface area contributed by atoms with Gasteiger partial charge in [-0.1, -0.05) is 50.3 Å². The minimum atomic E-state index is -1.42. The maximum atomic E-state index is 13.1. The third kappa shape index (κ3) is 9.44. The number of unbranched alkanes of at least 4 members (excludes halogenated alkanes) is 1. The van der Waals surface area contributed by atoms with Crippen molar-refractivity contribution in [2.24, 2.45) is 11.7 Å². The van der Waals surface area contributed by atoms with Crippen LogP contribution in [0.1, 0.15) is 76.2 Å². The Hall–Kier alpha value is -3.67. The smallest absolute Gasteiger partial charge is 0.407 e. The Balaban J connectivity index is 1.57. The van der Waals surface area contributed by atoms with E-state index >= 15 is 0 Å². The molecule has 0 bridgehead atoms. The number of benzene rings is 1. The lowest BCUT2D eigenvalue weighted by molar-refractivity contribution is -0.143. The Bertz CT molecular complexity index is 1070. The number of carboxylic acids is 2. The van der Waals surface area contributed by atoms with Gasteiger partial charge in [-0.2, -0.15) is 0 Å². The van der Waals surface area contributed by atoms with Crippen molar-refractivity contribution in [3.63, 3.8) is 0 Å². The number of carbonyl (C=O) groups is 5. The summed E-state index contributed by atoms with van der Waals surface area (Å²) in [7, 11) is 0. The van der Waals surface area contributed by atoms with E-state index in [1.54, 1.807) is 24.3 Å². The van der Waals surface area contributed by atoms with Gasteiger partial charge in [0.05, 0.1) is 6.61 Å². The van der Waals surface area contributed by atoms with Crippen LogP contribution in [-0.4, -0.2) is 71.3 Å². The molecule has 1 aromatic carbocycles. The second-order valence-corrected chi connectivity index (χ2v) is 10.8. The fraction of sp³-hybridized carbons (Fsp3) is 0.621. The number of rotatable bonds is 15. The molecule has 3 atom stereocenters. The SMILES string of the molecule is NCCCC[C@H](NC(=O)OCCC1CCCCC1)C(=O)N[C@H](CCC(=O)N1c2ccccc2C[C@H]1C(=O)O)C(=O)O. The van der Waals surface area contributed by atoms with Gasteiger partial charge in [-0.15, -0.1) is 0 Å². The van der Waals surface area contributed by atoms with Crippen molar-refractivity contribution in [1.29, 1.82) is 0 Å². The Kier molecular flexibility index (Phi) is 12.4. The van der Waals surface area contributed by atoms with E-state index in [1.807, 2.05) is 0 Å². The summed E-state index contributed by atoms with van der Waals surface area (Å²) in [6, 6.07) is 3.31. The molecule has 226 valence electrons. The number of nitrogens with one attached hydrogen (secondary N) is 2. The van der Waals surface area contributed by atoms with Gasteiger partial charge in [-0.25, -0.2) is 14.4 Å². The molecule has 12 nitrogen and oxygen atoms in total. The van der Waals surface area contributed by atoms with E-state index in [4.69, 9.17) is 10.5 Å². The summed E-state index contributed by atoms with van der Waals surface area (Å²) in [6.07, 6.45) is 6.82. The summed E-state index contributed by atoms with van der Waals surface area (Å²) in [4.78, 5) is 63.5. The molecule has 2 aliphatic rings. The molecule has 1 fully saturated rings.